The Kier molecular flexibility index (Phi) is 6.79. The number of rotatable bonds is 8. The minimum atomic E-state index is -0.213. The molecule has 0 unspecified atom stereocenters. The lowest BCUT2D eigenvalue weighted by molar-refractivity contribution is 0.0945. The van der Waals surface area contributed by atoms with Crippen LogP contribution in [0.2, 0.25) is 0 Å². The summed E-state index contributed by atoms with van der Waals surface area (Å²) in [5.74, 6) is 1.07. The van der Waals surface area contributed by atoms with Crippen molar-refractivity contribution >= 4 is 11.9 Å². The van der Waals surface area contributed by atoms with E-state index in [4.69, 9.17) is 4.74 Å². The number of anilines is 1. The highest BCUT2D eigenvalue weighted by molar-refractivity contribution is 5.92. The van der Waals surface area contributed by atoms with E-state index in [-0.39, 0.29) is 5.91 Å². The summed E-state index contributed by atoms with van der Waals surface area (Å²) in [4.78, 5) is 21.3. The first-order valence-electron chi connectivity index (χ1n) is 9.60. The molecule has 0 bridgehead atoms. The molecule has 0 spiro atoms. The van der Waals surface area contributed by atoms with Crippen LogP contribution in [0.3, 0.4) is 0 Å². The Hall–Kier alpha value is -3.41. The van der Waals surface area contributed by atoms with E-state index in [1.165, 1.54) is 0 Å². The van der Waals surface area contributed by atoms with Gasteiger partial charge < -0.3 is 15.4 Å². The first-order valence-corrected chi connectivity index (χ1v) is 9.60. The highest BCUT2D eigenvalue weighted by Crippen LogP contribution is 2.13. The molecule has 3 aromatic rings. The summed E-state index contributed by atoms with van der Waals surface area (Å²) in [6, 6.07) is 17.6. The molecule has 0 saturated carbocycles. The fraction of sp³-hybridized carbons (Fsp3) is 0.261. The van der Waals surface area contributed by atoms with E-state index in [1.807, 2.05) is 62.4 Å². The van der Waals surface area contributed by atoms with Crippen LogP contribution in [0.4, 0.5) is 5.95 Å². The van der Waals surface area contributed by atoms with Gasteiger partial charge >= 0.3 is 0 Å². The van der Waals surface area contributed by atoms with Crippen molar-refractivity contribution in [3.8, 4) is 5.75 Å². The Morgan fingerprint density at radius 3 is 2.66 bits per heavy atom. The van der Waals surface area contributed by atoms with E-state index < -0.39 is 0 Å². The van der Waals surface area contributed by atoms with Gasteiger partial charge in [0.15, 0.2) is 0 Å². The largest absolute Gasteiger partial charge is 0.497 e. The molecule has 6 nitrogen and oxygen atoms in total. The van der Waals surface area contributed by atoms with Crippen molar-refractivity contribution in [3.05, 3.63) is 82.7 Å². The van der Waals surface area contributed by atoms with Gasteiger partial charge in [-0.1, -0.05) is 36.4 Å². The van der Waals surface area contributed by atoms with Crippen molar-refractivity contribution in [2.45, 2.75) is 26.8 Å². The monoisotopic (exact) mass is 390 g/mol. The molecular formula is C23H26N4O2. The molecule has 3 rings (SSSR count). The number of nitrogens with one attached hydrogen (secondary N) is 2. The van der Waals surface area contributed by atoms with Gasteiger partial charge in [0, 0.05) is 18.8 Å². The second kappa shape index (κ2) is 9.68. The summed E-state index contributed by atoms with van der Waals surface area (Å²) in [5.41, 5.74) is 4.48. The number of methoxy groups -OCH3 is 1. The Morgan fingerprint density at radius 2 is 1.86 bits per heavy atom. The molecule has 1 amide bonds. The molecule has 29 heavy (non-hydrogen) atoms. The van der Waals surface area contributed by atoms with Gasteiger partial charge in [0.2, 0.25) is 5.95 Å². The Morgan fingerprint density at radius 1 is 1.03 bits per heavy atom. The fourth-order valence-corrected chi connectivity index (χ4v) is 2.99. The zero-order chi connectivity index (χ0) is 20.6. The predicted octanol–water partition coefficient (Wildman–Crippen LogP) is 3.69. The smallest absolute Gasteiger partial charge is 0.270 e. The maximum absolute atomic E-state index is 12.6. The minimum Gasteiger partial charge on any atom is -0.497 e. The molecule has 0 aliphatic rings. The number of ether oxygens (including phenoxy) is 1. The van der Waals surface area contributed by atoms with Crippen molar-refractivity contribution in [1.29, 1.82) is 0 Å². The van der Waals surface area contributed by atoms with Crippen LogP contribution in [0, 0.1) is 13.8 Å². The summed E-state index contributed by atoms with van der Waals surface area (Å²) in [5, 5.41) is 6.14. The van der Waals surface area contributed by atoms with Crippen LogP contribution in [0.25, 0.3) is 0 Å². The van der Waals surface area contributed by atoms with Crippen LogP contribution in [0.15, 0.2) is 54.6 Å². The highest BCUT2D eigenvalue weighted by atomic mass is 16.5. The van der Waals surface area contributed by atoms with Crippen molar-refractivity contribution in [2.24, 2.45) is 0 Å². The van der Waals surface area contributed by atoms with Crippen LogP contribution < -0.4 is 15.4 Å². The third-order valence-electron chi connectivity index (χ3n) is 4.62. The molecule has 0 fully saturated rings. The van der Waals surface area contributed by atoms with E-state index in [9.17, 15) is 4.79 Å². The molecule has 2 aromatic carbocycles. The first-order chi connectivity index (χ1) is 14.0. The maximum Gasteiger partial charge on any atom is 0.270 e. The van der Waals surface area contributed by atoms with Gasteiger partial charge in [-0.05, 0) is 55.2 Å². The number of amides is 1. The molecular weight excluding hydrogens is 364 g/mol. The third-order valence-corrected chi connectivity index (χ3v) is 4.62. The van der Waals surface area contributed by atoms with Crippen molar-refractivity contribution in [1.82, 2.24) is 15.3 Å². The molecule has 6 heteroatoms. The quantitative estimate of drug-likeness (QED) is 0.614. The number of aryl methyl sites for hydroxylation is 2. The van der Waals surface area contributed by atoms with Gasteiger partial charge in [0.25, 0.3) is 5.91 Å². The first kappa shape index (κ1) is 20.3. The molecule has 0 aliphatic carbocycles. The van der Waals surface area contributed by atoms with E-state index in [0.717, 1.165) is 34.6 Å². The number of nitrogens with zero attached hydrogens (tertiary/aromatic N) is 2. The number of hydrogen-bond donors (Lipinski definition) is 2. The number of carbonyl (C=O) groups excluding carboxylic acids is 1. The number of carbonyl (C=O) groups is 1. The third kappa shape index (κ3) is 5.78. The van der Waals surface area contributed by atoms with Gasteiger partial charge in [0.1, 0.15) is 11.4 Å². The predicted molar refractivity (Wildman–Crippen MR) is 114 cm³/mol. The van der Waals surface area contributed by atoms with Crippen LogP contribution in [0.1, 0.15) is 32.9 Å². The Labute approximate surface area is 171 Å². The van der Waals surface area contributed by atoms with E-state index in [2.05, 4.69) is 20.6 Å². The summed E-state index contributed by atoms with van der Waals surface area (Å²) < 4.78 is 5.25. The highest BCUT2D eigenvalue weighted by Gasteiger charge is 2.11. The van der Waals surface area contributed by atoms with Crippen molar-refractivity contribution in [2.75, 3.05) is 19.0 Å². The second-order valence-corrected chi connectivity index (χ2v) is 6.86. The summed E-state index contributed by atoms with van der Waals surface area (Å²) in [7, 11) is 1.66. The molecule has 1 heterocycles. The minimum absolute atomic E-state index is 0.213. The van der Waals surface area contributed by atoms with E-state index in [1.54, 1.807) is 13.2 Å². The Balaban J connectivity index is 1.59. The number of hydrogen-bond acceptors (Lipinski definition) is 5. The lowest BCUT2D eigenvalue weighted by Gasteiger charge is -2.10. The lowest BCUT2D eigenvalue weighted by Crippen LogP contribution is -2.25. The van der Waals surface area contributed by atoms with E-state index >= 15 is 0 Å². The standard InChI is InChI=1S/C23H26N4O2/c1-16-7-4-5-9-19(16)15-25-22(28)21-13-17(2)26-23(27-21)24-12-11-18-8-6-10-20(14-18)29-3/h4-10,13-14H,11-12,15H2,1-3H3,(H,25,28)(H,24,26,27). The second-order valence-electron chi connectivity index (χ2n) is 6.86. The molecule has 1 aromatic heterocycles. The number of benzene rings is 2. The molecule has 2 N–H and O–H groups in total. The van der Waals surface area contributed by atoms with Gasteiger partial charge in [-0.15, -0.1) is 0 Å². The van der Waals surface area contributed by atoms with Crippen molar-refractivity contribution in [3.63, 3.8) is 0 Å². The van der Waals surface area contributed by atoms with Gasteiger partial charge in [0.05, 0.1) is 7.11 Å². The molecule has 150 valence electrons. The van der Waals surface area contributed by atoms with Gasteiger partial charge in [-0.2, -0.15) is 0 Å². The summed E-state index contributed by atoms with van der Waals surface area (Å²) in [6.07, 6.45) is 0.795. The summed E-state index contributed by atoms with van der Waals surface area (Å²) in [6.45, 7) is 5.00. The molecule has 0 aliphatic heterocycles. The molecule has 0 atom stereocenters. The van der Waals surface area contributed by atoms with E-state index in [0.29, 0.717) is 24.7 Å². The Bertz CT molecular complexity index is 988. The van der Waals surface area contributed by atoms with Crippen LogP contribution in [-0.4, -0.2) is 29.5 Å². The van der Waals surface area contributed by atoms with Crippen molar-refractivity contribution < 1.29 is 9.53 Å². The number of aromatic nitrogens is 2. The van der Waals surface area contributed by atoms with Gasteiger partial charge in [-0.3, -0.25) is 4.79 Å². The average molecular weight is 390 g/mol. The van der Waals surface area contributed by atoms with Crippen LogP contribution >= 0.6 is 0 Å². The zero-order valence-corrected chi connectivity index (χ0v) is 17.0. The zero-order valence-electron chi connectivity index (χ0n) is 17.0. The van der Waals surface area contributed by atoms with Crippen LogP contribution in [-0.2, 0) is 13.0 Å². The average Bonchev–Trinajstić information content (AvgIpc) is 2.72. The SMILES string of the molecule is COc1cccc(CCNc2nc(C)cc(C(=O)NCc3ccccc3C)n2)c1. The fourth-order valence-electron chi connectivity index (χ4n) is 2.99. The maximum atomic E-state index is 12.6. The molecule has 0 saturated heterocycles. The van der Waals surface area contributed by atoms with Gasteiger partial charge in [-0.25, -0.2) is 9.97 Å². The summed E-state index contributed by atoms with van der Waals surface area (Å²) >= 11 is 0. The van der Waals surface area contributed by atoms with Crippen LogP contribution in [0.5, 0.6) is 5.75 Å². The molecule has 0 radical (unpaired) electrons. The topological polar surface area (TPSA) is 76.1 Å². The lowest BCUT2D eigenvalue weighted by atomic mass is 10.1. The normalized spacial score (nSPS) is 10.4.